The molecule has 0 aliphatic carbocycles. The highest BCUT2D eigenvalue weighted by Crippen LogP contribution is 2.25. The third-order valence-corrected chi connectivity index (χ3v) is 4.77. The van der Waals surface area contributed by atoms with Gasteiger partial charge in [0.25, 0.3) is 0 Å². The van der Waals surface area contributed by atoms with Crippen LogP contribution in [-0.4, -0.2) is 31.1 Å². The van der Waals surface area contributed by atoms with Gasteiger partial charge in [-0.05, 0) is 69.4 Å². The molecule has 1 N–H and O–H groups in total. The van der Waals surface area contributed by atoms with Crippen LogP contribution in [0.1, 0.15) is 44.7 Å². The Kier molecular flexibility index (Phi) is 6.53. The van der Waals surface area contributed by atoms with E-state index in [1.165, 1.54) is 55.5 Å². The van der Waals surface area contributed by atoms with Crippen LogP contribution in [0, 0.1) is 5.92 Å². The number of rotatable bonds is 6. The minimum absolute atomic E-state index is 0.495. The fraction of sp³-hybridized carbons (Fsp3) is 0.647. The van der Waals surface area contributed by atoms with Crippen molar-refractivity contribution in [2.45, 2.75) is 39.2 Å². The Morgan fingerprint density at radius 1 is 1.45 bits per heavy atom. The highest BCUT2D eigenvalue weighted by atomic mass is 79.9. The summed E-state index contributed by atoms with van der Waals surface area (Å²) in [6.07, 6.45) is 3.92. The van der Waals surface area contributed by atoms with Gasteiger partial charge >= 0.3 is 0 Å². The van der Waals surface area contributed by atoms with Crippen molar-refractivity contribution in [1.29, 1.82) is 0 Å². The van der Waals surface area contributed by atoms with E-state index in [9.17, 15) is 0 Å². The fourth-order valence-electron chi connectivity index (χ4n) is 3.12. The van der Waals surface area contributed by atoms with Gasteiger partial charge in [-0.2, -0.15) is 0 Å². The lowest BCUT2D eigenvalue weighted by atomic mass is 9.97. The summed E-state index contributed by atoms with van der Waals surface area (Å²) in [5, 5.41) is 3.54. The highest BCUT2D eigenvalue weighted by Gasteiger charge is 2.21. The van der Waals surface area contributed by atoms with Crippen LogP contribution in [0.25, 0.3) is 0 Å². The van der Waals surface area contributed by atoms with Crippen molar-refractivity contribution >= 4 is 15.9 Å². The predicted molar refractivity (Wildman–Crippen MR) is 90.0 cm³/mol. The molecular weight excluding hydrogens is 312 g/mol. The first-order valence-corrected chi connectivity index (χ1v) is 8.70. The minimum Gasteiger partial charge on any atom is -0.316 e. The van der Waals surface area contributed by atoms with Crippen molar-refractivity contribution in [1.82, 2.24) is 10.2 Å². The molecule has 0 spiro atoms. The smallest absolute Gasteiger partial charge is 0.0320 e. The third kappa shape index (κ3) is 4.57. The number of benzene rings is 1. The van der Waals surface area contributed by atoms with Crippen LogP contribution in [0.2, 0.25) is 0 Å². The summed E-state index contributed by atoms with van der Waals surface area (Å²) in [6.45, 7) is 9.41. The molecule has 0 radical (unpaired) electrons. The fourth-order valence-corrected chi connectivity index (χ4v) is 3.54. The molecule has 1 heterocycles. The summed E-state index contributed by atoms with van der Waals surface area (Å²) >= 11 is 3.59. The van der Waals surface area contributed by atoms with E-state index < -0.39 is 0 Å². The van der Waals surface area contributed by atoms with Crippen LogP contribution < -0.4 is 5.32 Å². The zero-order valence-electron chi connectivity index (χ0n) is 12.7. The van der Waals surface area contributed by atoms with Crippen molar-refractivity contribution in [3.63, 3.8) is 0 Å². The van der Waals surface area contributed by atoms with Crippen LogP contribution >= 0.6 is 15.9 Å². The molecule has 1 aliphatic heterocycles. The number of hydrogen-bond donors (Lipinski definition) is 1. The topological polar surface area (TPSA) is 15.3 Å². The molecule has 1 saturated heterocycles. The van der Waals surface area contributed by atoms with Gasteiger partial charge in [0, 0.05) is 17.1 Å². The van der Waals surface area contributed by atoms with Gasteiger partial charge in [-0.3, -0.25) is 4.90 Å². The summed E-state index contributed by atoms with van der Waals surface area (Å²) in [4.78, 5) is 2.65. The molecule has 2 atom stereocenters. The van der Waals surface area contributed by atoms with Gasteiger partial charge in [0.2, 0.25) is 0 Å². The van der Waals surface area contributed by atoms with E-state index in [0.717, 1.165) is 5.92 Å². The maximum atomic E-state index is 3.59. The molecule has 2 unspecified atom stereocenters. The van der Waals surface area contributed by atoms with Gasteiger partial charge in [0.1, 0.15) is 0 Å². The molecule has 20 heavy (non-hydrogen) atoms. The van der Waals surface area contributed by atoms with E-state index in [1.807, 2.05) is 0 Å². The van der Waals surface area contributed by atoms with Crippen molar-refractivity contribution in [2.75, 3.05) is 26.2 Å². The zero-order valence-corrected chi connectivity index (χ0v) is 14.3. The lowest BCUT2D eigenvalue weighted by Gasteiger charge is -2.34. The van der Waals surface area contributed by atoms with Crippen LogP contribution in [-0.2, 0) is 0 Å². The third-order valence-electron chi connectivity index (χ3n) is 4.28. The average molecular weight is 339 g/mol. The summed E-state index contributed by atoms with van der Waals surface area (Å²) in [5.74, 6) is 0.810. The van der Waals surface area contributed by atoms with Crippen LogP contribution in [0.5, 0.6) is 0 Å². The lowest BCUT2D eigenvalue weighted by Crippen LogP contribution is -2.39. The van der Waals surface area contributed by atoms with Gasteiger partial charge in [-0.25, -0.2) is 0 Å². The summed E-state index contributed by atoms with van der Waals surface area (Å²) in [5.41, 5.74) is 1.41. The number of piperidine rings is 1. The molecule has 112 valence electrons. The second-order valence-electron chi connectivity index (χ2n) is 5.94. The Morgan fingerprint density at radius 2 is 2.30 bits per heavy atom. The molecule has 2 rings (SSSR count). The second-order valence-corrected chi connectivity index (χ2v) is 6.85. The van der Waals surface area contributed by atoms with Crippen molar-refractivity contribution < 1.29 is 0 Å². The first-order valence-electron chi connectivity index (χ1n) is 7.91. The first-order chi connectivity index (χ1) is 9.70. The molecule has 2 nitrogen and oxygen atoms in total. The molecule has 0 amide bonds. The summed E-state index contributed by atoms with van der Waals surface area (Å²) in [7, 11) is 0. The molecule has 0 saturated carbocycles. The molecule has 1 aliphatic rings. The van der Waals surface area contributed by atoms with Gasteiger partial charge in [0.05, 0.1) is 0 Å². The molecule has 3 heteroatoms. The number of nitrogens with zero attached hydrogens (tertiary/aromatic N) is 1. The van der Waals surface area contributed by atoms with E-state index in [4.69, 9.17) is 0 Å². The standard InChI is InChI=1S/C17H27BrN2/c1-3-10-20(13-15-6-5-9-19-12-15)14(2)16-7-4-8-17(18)11-16/h4,7-8,11,14-15,19H,3,5-6,9-10,12-13H2,1-2H3. The second kappa shape index (κ2) is 8.16. The SMILES string of the molecule is CCCN(CC1CCCNC1)C(C)c1cccc(Br)c1. The maximum absolute atomic E-state index is 3.59. The first kappa shape index (κ1) is 16.0. The largest absolute Gasteiger partial charge is 0.316 e. The van der Waals surface area contributed by atoms with E-state index in [-0.39, 0.29) is 0 Å². The normalized spacial score (nSPS) is 21.1. The molecule has 1 aromatic rings. The van der Waals surface area contributed by atoms with Gasteiger partial charge in [0.15, 0.2) is 0 Å². The van der Waals surface area contributed by atoms with Gasteiger partial charge < -0.3 is 5.32 Å². The van der Waals surface area contributed by atoms with E-state index in [2.05, 4.69) is 64.3 Å². The van der Waals surface area contributed by atoms with E-state index in [1.54, 1.807) is 0 Å². The van der Waals surface area contributed by atoms with Crippen molar-refractivity contribution in [3.8, 4) is 0 Å². The number of hydrogen-bond acceptors (Lipinski definition) is 2. The van der Waals surface area contributed by atoms with Gasteiger partial charge in [-0.1, -0.05) is 35.0 Å². The average Bonchev–Trinajstić information content (AvgIpc) is 2.47. The molecule has 1 aromatic carbocycles. The Hall–Kier alpha value is -0.380. The molecular formula is C17H27BrN2. The Morgan fingerprint density at radius 3 is 2.95 bits per heavy atom. The summed E-state index contributed by atoms with van der Waals surface area (Å²) < 4.78 is 1.18. The Bertz CT molecular complexity index is 402. The van der Waals surface area contributed by atoms with Crippen molar-refractivity contribution in [2.24, 2.45) is 5.92 Å². The number of nitrogens with one attached hydrogen (secondary N) is 1. The molecule has 1 fully saturated rings. The van der Waals surface area contributed by atoms with E-state index in [0.29, 0.717) is 6.04 Å². The Labute approximate surface area is 132 Å². The Balaban J connectivity index is 2.02. The van der Waals surface area contributed by atoms with Crippen LogP contribution in [0.15, 0.2) is 28.7 Å². The van der Waals surface area contributed by atoms with E-state index >= 15 is 0 Å². The van der Waals surface area contributed by atoms with Crippen molar-refractivity contribution in [3.05, 3.63) is 34.3 Å². The monoisotopic (exact) mass is 338 g/mol. The van der Waals surface area contributed by atoms with Crippen LogP contribution in [0.3, 0.4) is 0 Å². The maximum Gasteiger partial charge on any atom is 0.0320 e. The zero-order chi connectivity index (χ0) is 14.4. The molecule has 0 bridgehead atoms. The quantitative estimate of drug-likeness (QED) is 0.835. The highest BCUT2D eigenvalue weighted by molar-refractivity contribution is 9.10. The predicted octanol–water partition coefficient (Wildman–Crippen LogP) is 4.22. The van der Waals surface area contributed by atoms with Crippen LogP contribution in [0.4, 0.5) is 0 Å². The van der Waals surface area contributed by atoms with Gasteiger partial charge in [-0.15, -0.1) is 0 Å². The minimum atomic E-state index is 0.495. The summed E-state index contributed by atoms with van der Waals surface area (Å²) in [6, 6.07) is 9.24. The molecule has 0 aromatic heterocycles. The number of halogens is 1. The lowest BCUT2D eigenvalue weighted by molar-refractivity contribution is 0.163.